The first-order valence-electron chi connectivity index (χ1n) is 8.63. The van der Waals surface area contributed by atoms with Crippen LogP contribution < -0.4 is 5.32 Å². The van der Waals surface area contributed by atoms with Gasteiger partial charge in [0.15, 0.2) is 0 Å². The number of amides is 1. The number of aryl methyl sites for hydroxylation is 1. The highest BCUT2D eigenvalue weighted by Crippen LogP contribution is 2.47. The molecular formula is C20H27N3O. The average Bonchev–Trinajstić information content (AvgIpc) is 3.27. The normalized spacial score (nSPS) is 20.0. The van der Waals surface area contributed by atoms with Gasteiger partial charge in [-0.25, -0.2) is 0 Å². The van der Waals surface area contributed by atoms with Crippen molar-refractivity contribution in [1.29, 1.82) is 0 Å². The lowest BCUT2D eigenvalue weighted by molar-refractivity contribution is -0.122. The van der Waals surface area contributed by atoms with Gasteiger partial charge in [0.25, 0.3) is 0 Å². The van der Waals surface area contributed by atoms with E-state index in [1.807, 2.05) is 24.9 Å². The van der Waals surface area contributed by atoms with E-state index >= 15 is 0 Å². The molecule has 1 fully saturated rings. The van der Waals surface area contributed by atoms with E-state index in [9.17, 15) is 4.79 Å². The van der Waals surface area contributed by atoms with Gasteiger partial charge in [0.1, 0.15) is 0 Å². The SMILES string of the molecule is Cc1c(CNC(=O)[C@H]2C[C@@H]2c2ccc(C(C)(C)C)cc2)cnn1C. The van der Waals surface area contributed by atoms with E-state index < -0.39 is 0 Å². The van der Waals surface area contributed by atoms with Crippen molar-refractivity contribution in [2.75, 3.05) is 0 Å². The maximum atomic E-state index is 12.4. The Morgan fingerprint density at radius 1 is 1.29 bits per heavy atom. The van der Waals surface area contributed by atoms with E-state index in [-0.39, 0.29) is 17.2 Å². The highest BCUT2D eigenvalue weighted by molar-refractivity contribution is 5.82. The van der Waals surface area contributed by atoms with Crippen molar-refractivity contribution in [3.05, 3.63) is 52.8 Å². The van der Waals surface area contributed by atoms with Crippen molar-refractivity contribution in [1.82, 2.24) is 15.1 Å². The fraction of sp³-hybridized carbons (Fsp3) is 0.500. The number of carbonyl (C=O) groups is 1. The monoisotopic (exact) mass is 325 g/mol. The fourth-order valence-corrected chi connectivity index (χ4v) is 3.11. The van der Waals surface area contributed by atoms with Gasteiger partial charge < -0.3 is 5.32 Å². The molecule has 1 saturated carbocycles. The van der Waals surface area contributed by atoms with Crippen LogP contribution in [0.5, 0.6) is 0 Å². The fourth-order valence-electron chi connectivity index (χ4n) is 3.11. The van der Waals surface area contributed by atoms with Gasteiger partial charge in [0.2, 0.25) is 5.91 Å². The zero-order valence-corrected chi connectivity index (χ0v) is 15.3. The number of benzene rings is 1. The molecule has 0 radical (unpaired) electrons. The smallest absolute Gasteiger partial charge is 0.224 e. The minimum atomic E-state index is 0.113. The first-order valence-corrected chi connectivity index (χ1v) is 8.63. The summed E-state index contributed by atoms with van der Waals surface area (Å²) < 4.78 is 1.83. The zero-order chi connectivity index (χ0) is 17.5. The Bertz CT molecular complexity index is 737. The highest BCUT2D eigenvalue weighted by Gasteiger charge is 2.43. The van der Waals surface area contributed by atoms with Gasteiger partial charge in [-0.15, -0.1) is 0 Å². The lowest BCUT2D eigenvalue weighted by atomic mass is 9.86. The molecule has 128 valence electrons. The standard InChI is InChI=1S/C20H27N3O/c1-13-15(12-22-23(13)5)11-21-19(24)18-10-17(18)14-6-8-16(9-7-14)20(2,3)4/h6-9,12,17-18H,10-11H2,1-5H3,(H,21,24)/t17-,18+/m1/s1. The number of carbonyl (C=O) groups excluding carboxylic acids is 1. The van der Waals surface area contributed by atoms with Gasteiger partial charge in [0, 0.05) is 30.8 Å². The Balaban J connectivity index is 1.56. The molecule has 1 aliphatic carbocycles. The molecule has 1 amide bonds. The average molecular weight is 325 g/mol. The third kappa shape index (κ3) is 3.37. The molecule has 2 aromatic rings. The van der Waals surface area contributed by atoms with Crippen LogP contribution in [-0.4, -0.2) is 15.7 Å². The van der Waals surface area contributed by atoms with Crippen molar-refractivity contribution in [2.45, 2.75) is 52.0 Å². The number of nitrogens with zero attached hydrogens (tertiary/aromatic N) is 2. The summed E-state index contributed by atoms with van der Waals surface area (Å²) in [6.07, 6.45) is 2.78. The Labute approximate surface area is 144 Å². The highest BCUT2D eigenvalue weighted by atomic mass is 16.2. The van der Waals surface area contributed by atoms with Gasteiger partial charge in [0.05, 0.1) is 6.20 Å². The number of nitrogens with one attached hydrogen (secondary N) is 1. The molecule has 0 aliphatic heterocycles. The molecule has 0 bridgehead atoms. The lowest BCUT2D eigenvalue weighted by Gasteiger charge is -2.19. The third-order valence-corrected chi connectivity index (χ3v) is 5.12. The summed E-state index contributed by atoms with van der Waals surface area (Å²) >= 11 is 0. The van der Waals surface area contributed by atoms with E-state index in [1.165, 1.54) is 11.1 Å². The van der Waals surface area contributed by atoms with Gasteiger partial charge in [-0.1, -0.05) is 45.0 Å². The van der Waals surface area contributed by atoms with E-state index in [2.05, 4.69) is 55.5 Å². The summed E-state index contributed by atoms with van der Waals surface area (Å²) in [7, 11) is 1.92. The Hall–Kier alpha value is -2.10. The third-order valence-electron chi connectivity index (χ3n) is 5.12. The maximum absolute atomic E-state index is 12.4. The molecular weight excluding hydrogens is 298 g/mol. The van der Waals surface area contributed by atoms with E-state index in [4.69, 9.17) is 0 Å². The molecule has 1 N–H and O–H groups in total. The van der Waals surface area contributed by atoms with Crippen LogP contribution in [-0.2, 0) is 23.8 Å². The van der Waals surface area contributed by atoms with Crippen LogP contribution in [0.15, 0.2) is 30.5 Å². The summed E-state index contributed by atoms with van der Waals surface area (Å²) in [5.74, 6) is 0.639. The summed E-state index contributed by atoms with van der Waals surface area (Å²) in [5, 5.41) is 7.27. The quantitative estimate of drug-likeness (QED) is 0.936. The van der Waals surface area contributed by atoms with Crippen molar-refractivity contribution in [2.24, 2.45) is 13.0 Å². The molecule has 0 saturated heterocycles. The van der Waals surface area contributed by atoms with E-state index in [0.717, 1.165) is 17.7 Å². The molecule has 1 aromatic carbocycles. The molecule has 2 atom stereocenters. The van der Waals surface area contributed by atoms with Crippen LogP contribution in [0.1, 0.15) is 55.5 Å². The van der Waals surface area contributed by atoms with Crippen molar-refractivity contribution >= 4 is 5.91 Å². The molecule has 0 spiro atoms. The molecule has 4 heteroatoms. The van der Waals surface area contributed by atoms with Crippen LogP contribution in [0, 0.1) is 12.8 Å². The predicted octanol–water partition coefficient (Wildman–Crippen LogP) is 3.45. The summed E-state index contributed by atoms with van der Waals surface area (Å²) in [5.41, 5.74) is 4.96. The number of aromatic nitrogens is 2. The topological polar surface area (TPSA) is 46.9 Å². The van der Waals surface area contributed by atoms with Crippen LogP contribution in [0.3, 0.4) is 0 Å². The van der Waals surface area contributed by atoms with Gasteiger partial charge >= 0.3 is 0 Å². The van der Waals surface area contributed by atoms with Crippen LogP contribution in [0.25, 0.3) is 0 Å². The minimum Gasteiger partial charge on any atom is -0.352 e. The molecule has 0 unspecified atom stereocenters. The van der Waals surface area contributed by atoms with Gasteiger partial charge in [-0.3, -0.25) is 9.48 Å². The minimum absolute atomic E-state index is 0.113. The first kappa shape index (κ1) is 16.7. The summed E-state index contributed by atoms with van der Waals surface area (Å²) in [4.78, 5) is 12.4. The Morgan fingerprint density at radius 2 is 1.96 bits per heavy atom. The summed E-state index contributed by atoms with van der Waals surface area (Å²) in [6.45, 7) is 9.23. The maximum Gasteiger partial charge on any atom is 0.224 e. The lowest BCUT2D eigenvalue weighted by Crippen LogP contribution is -2.25. The largest absolute Gasteiger partial charge is 0.352 e. The second-order valence-electron chi connectivity index (χ2n) is 7.92. The van der Waals surface area contributed by atoms with Crippen LogP contribution in [0.2, 0.25) is 0 Å². The van der Waals surface area contributed by atoms with E-state index in [1.54, 1.807) is 0 Å². The Kier molecular flexibility index (Phi) is 4.24. The van der Waals surface area contributed by atoms with Crippen molar-refractivity contribution < 1.29 is 4.79 Å². The van der Waals surface area contributed by atoms with Gasteiger partial charge in [-0.05, 0) is 35.8 Å². The van der Waals surface area contributed by atoms with Crippen molar-refractivity contribution in [3.8, 4) is 0 Å². The molecule has 1 aromatic heterocycles. The Morgan fingerprint density at radius 3 is 2.50 bits per heavy atom. The first-order chi connectivity index (χ1) is 11.3. The van der Waals surface area contributed by atoms with Crippen LogP contribution in [0.4, 0.5) is 0 Å². The molecule has 1 heterocycles. The van der Waals surface area contributed by atoms with Gasteiger partial charge in [-0.2, -0.15) is 5.10 Å². The van der Waals surface area contributed by atoms with Crippen molar-refractivity contribution in [3.63, 3.8) is 0 Å². The second-order valence-corrected chi connectivity index (χ2v) is 7.92. The number of hydrogen-bond acceptors (Lipinski definition) is 2. The summed E-state index contributed by atoms with van der Waals surface area (Å²) in [6, 6.07) is 8.76. The molecule has 4 nitrogen and oxygen atoms in total. The molecule has 24 heavy (non-hydrogen) atoms. The predicted molar refractivity (Wildman–Crippen MR) is 95.8 cm³/mol. The van der Waals surface area contributed by atoms with Crippen LogP contribution >= 0.6 is 0 Å². The second kappa shape index (κ2) is 6.08. The molecule has 3 rings (SSSR count). The molecule has 1 aliphatic rings. The number of rotatable bonds is 4. The number of hydrogen-bond donors (Lipinski definition) is 1. The zero-order valence-electron chi connectivity index (χ0n) is 15.3. The van der Waals surface area contributed by atoms with E-state index in [0.29, 0.717) is 12.5 Å².